The Labute approximate surface area is 139 Å². The highest BCUT2D eigenvalue weighted by molar-refractivity contribution is 7.22. The van der Waals surface area contributed by atoms with Crippen molar-refractivity contribution in [1.82, 2.24) is 4.98 Å². The summed E-state index contributed by atoms with van der Waals surface area (Å²) in [5, 5.41) is 3.44. The van der Waals surface area contributed by atoms with Crippen LogP contribution in [0.2, 0.25) is 0 Å². The number of carbonyl (C=O) groups is 1. The predicted octanol–water partition coefficient (Wildman–Crippen LogP) is 4.32. The van der Waals surface area contributed by atoms with Gasteiger partial charge in [0, 0.05) is 0 Å². The van der Waals surface area contributed by atoms with Crippen molar-refractivity contribution in [2.75, 3.05) is 5.32 Å². The van der Waals surface area contributed by atoms with E-state index in [1.807, 2.05) is 43.3 Å². The fourth-order valence-corrected chi connectivity index (χ4v) is 3.31. The summed E-state index contributed by atoms with van der Waals surface area (Å²) in [5.41, 5.74) is 3.25. The summed E-state index contributed by atoms with van der Waals surface area (Å²) in [5.74, 6) is 0.466. The average molecular weight is 326 g/mol. The Bertz CT molecular complexity index is 843. The van der Waals surface area contributed by atoms with E-state index in [4.69, 9.17) is 4.74 Å². The molecule has 0 aliphatic carbocycles. The van der Waals surface area contributed by atoms with Crippen molar-refractivity contribution in [3.63, 3.8) is 0 Å². The van der Waals surface area contributed by atoms with Gasteiger partial charge in [-0.25, -0.2) is 4.98 Å². The number of thiazole rings is 1. The van der Waals surface area contributed by atoms with Crippen LogP contribution in [0.4, 0.5) is 5.13 Å². The van der Waals surface area contributed by atoms with Crippen molar-refractivity contribution < 1.29 is 9.53 Å². The van der Waals surface area contributed by atoms with Gasteiger partial charge in [0.15, 0.2) is 11.2 Å². The highest BCUT2D eigenvalue weighted by Crippen LogP contribution is 2.29. The first kappa shape index (κ1) is 15.5. The van der Waals surface area contributed by atoms with E-state index in [1.54, 1.807) is 6.92 Å². The van der Waals surface area contributed by atoms with Crippen molar-refractivity contribution in [3.8, 4) is 5.75 Å². The van der Waals surface area contributed by atoms with Crippen LogP contribution < -0.4 is 10.1 Å². The third-order valence-electron chi connectivity index (χ3n) is 3.48. The van der Waals surface area contributed by atoms with Crippen molar-refractivity contribution in [2.45, 2.75) is 26.9 Å². The standard InChI is InChI=1S/C18H18N2O2S/c1-11-9-12(2)16-15(10-11)19-18(23-16)20-17(21)13(3)22-14-7-5-4-6-8-14/h4-10,13H,1-3H3,(H,19,20,21). The lowest BCUT2D eigenvalue weighted by Gasteiger charge is -2.13. The fourth-order valence-electron chi connectivity index (χ4n) is 2.39. The maximum atomic E-state index is 12.3. The molecule has 3 aromatic rings. The minimum absolute atomic E-state index is 0.206. The smallest absolute Gasteiger partial charge is 0.266 e. The number of nitrogens with zero attached hydrogens (tertiary/aromatic N) is 1. The number of para-hydroxylation sites is 1. The fraction of sp³-hybridized carbons (Fsp3) is 0.222. The first-order chi connectivity index (χ1) is 11.0. The van der Waals surface area contributed by atoms with E-state index in [1.165, 1.54) is 22.5 Å². The zero-order valence-electron chi connectivity index (χ0n) is 13.3. The van der Waals surface area contributed by atoms with Gasteiger partial charge in [0.25, 0.3) is 5.91 Å². The quantitative estimate of drug-likeness (QED) is 0.777. The lowest BCUT2D eigenvalue weighted by molar-refractivity contribution is -0.122. The molecule has 118 valence electrons. The second-order valence-electron chi connectivity index (χ2n) is 5.51. The number of nitrogens with one attached hydrogen (secondary N) is 1. The number of hydrogen-bond donors (Lipinski definition) is 1. The number of carbonyl (C=O) groups excluding carboxylic acids is 1. The average Bonchev–Trinajstić information content (AvgIpc) is 2.91. The molecule has 1 aromatic heterocycles. The lowest BCUT2D eigenvalue weighted by atomic mass is 10.1. The minimum atomic E-state index is -0.591. The van der Waals surface area contributed by atoms with E-state index < -0.39 is 6.10 Å². The number of ether oxygens (including phenoxy) is 1. The molecule has 0 bridgehead atoms. The van der Waals surface area contributed by atoms with Crippen molar-refractivity contribution in [2.24, 2.45) is 0 Å². The van der Waals surface area contributed by atoms with Crippen LogP contribution in [0.3, 0.4) is 0 Å². The molecule has 2 aromatic carbocycles. The summed E-state index contributed by atoms with van der Waals surface area (Å²) >= 11 is 1.49. The Hall–Kier alpha value is -2.40. The summed E-state index contributed by atoms with van der Waals surface area (Å²) < 4.78 is 6.73. The van der Waals surface area contributed by atoms with E-state index in [0.717, 1.165) is 10.2 Å². The SMILES string of the molecule is Cc1cc(C)c2sc(NC(=O)C(C)Oc3ccccc3)nc2c1. The van der Waals surface area contributed by atoms with E-state index in [0.29, 0.717) is 10.9 Å². The molecule has 1 heterocycles. The molecule has 5 heteroatoms. The largest absolute Gasteiger partial charge is 0.481 e. The number of aryl methyl sites for hydroxylation is 2. The number of fused-ring (bicyclic) bond motifs is 1. The highest BCUT2D eigenvalue weighted by atomic mass is 32.1. The molecule has 0 spiro atoms. The first-order valence-corrected chi connectivity index (χ1v) is 8.25. The second-order valence-corrected chi connectivity index (χ2v) is 6.51. The van der Waals surface area contributed by atoms with E-state index >= 15 is 0 Å². The maximum absolute atomic E-state index is 12.3. The normalized spacial score (nSPS) is 12.1. The Morgan fingerprint density at radius 2 is 1.96 bits per heavy atom. The zero-order valence-corrected chi connectivity index (χ0v) is 14.1. The summed E-state index contributed by atoms with van der Waals surface area (Å²) in [6.45, 7) is 5.82. The Balaban J connectivity index is 1.73. The number of anilines is 1. The van der Waals surface area contributed by atoms with E-state index in [-0.39, 0.29) is 5.91 Å². The van der Waals surface area contributed by atoms with Crippen LogP contribution in [0.5, 0.6) is 5.75 Å². The molecule has 1 N–H and O–H groups in total. The molecule has 4 nitrogen and oxygen atoms in total. The third kappa shape index (κ3) is 3.51. The second kappa shape index (κ2) is 6.38. The number of rotatable bonds is 4. The topological polar surface area (TPSA) is 51.2 Å². The van der Waals surface area contributed by atoms with Crippen LogP contribution in [-0.2, 0) is 4.79 Å². The summed E-state index contributed by atoms with van der Waals surface area (Å²) in [4.78, 5) is 16.8. The van der Waals surface area contributed by atoms with Crippen molar-refractivity contribution in [1.29, 1.82) is 0 Å². The molecule has 0 aliphatic heterocycles. The number of hydrogen-bond acceptors (Lipinski definition) is 4. The predicted molar refractivity (Wildman–Crippen MR) is 94.3 cm³/mol. The molecule has 0 fully saturated rings. The Kier molecular flexibility index (Phi) is 4.30. The van der Waals surface area contributed by atoms with Gasteiger partial charge in [0.05, 0.1) is 10.2 Å². The van der Waals surface area contributed by atoms with Crippen LogP contribution in [0.25, 0.3) is 10.2 Å². The molecule has 3 rings (SSSR count). The van der Waals surface area contributed by atoms with E-state index in [2.05, 4.69) is 23.3 Å². The van der Waals surface area contributed by atoms with Crippen molar-refractivity contribution in [3.05, 3.63) is 53.6 Å². The van der Waals surface area contributed by atoms with Gasteiger partial charge in [0.1, 0.15) is 5.75 Å². The minimum Gasteiger partial charge on any atom is -0.481 e. The van der Waals surface area contributed by atoms with E-state index in [9.17, 15) is 4.79 Å². The van der Waals surface area contributed by atoms with Crippen LogP contribution in [0.15, 0.2) is 42.5 Å². The molecule has 23 heavy (non-hydrogen) atoms. The van der Waals surface area contributed by atoms with Crippen LogP contribution >= 0.6 is 11.3 Å². The molecule has 1 atom stereocenters. The molecule has 0 aliphatic rings. The first-order valence-electron chi connectivity index (χ1n) is 7.43. The number of benzene rings is 2. The molecular formula is C18H18N2O2S. The Morgan fingerprint density at radius 1 is 1.22 bits per heavy atom. The molecule has 0 radical (unpaired) electrons. The molecule has 0 saturated heterocycles. The summed E-state index contributed by atoms with van der Waals surface area (Å²) in [6, 6.07) is 13.5. The molecule has 1 amide bonds. The Morgan fingerprint density at radius 3 is 2.70 bits per heavy atom. The monoisotopic (exact) mass is 326 g/mol. The third-order valence-corrected chi connectivity index (χ3v) is 4.60. The van der Waals surface area contributed by atoms with Gasteiger partial charge in [-0.3, -0.25) is 10.1 Å². The van der Waals surface area contributed by atoms with Gasteiger partial charge in [0.2, 0.25) is 0 Å². The lowest BCUT2D eigenvalue weighted by Crippen LogP contribution is -2.30. The van der Waals surface area contributed by atoms with Gasteiger partial charge in [-0.05, 0) is 50.1 Å². The molecule has 1 unspecified atom stereocenters. The van der Waals surface area contributed by atoms with Gasteiger partial charge >= 0.3 is 0 Å². The van der Waals surface area contributed by atoms with Gasteiger partial charge < -0.3 is 4.74 Å². The van der Waals surface area contributed by atoms with Gasteiger partial charge in [-0.15, -0.1) is 0 Å². The van der Waals surface area contributed by atoms with Crippen LogP contribution in [-0.4, -0.2) is 17.0 Å². The number of aromatic nitrogens is 1. The number of amides is 1. The van der Waals surface area contributed by atoms with Gasteiger partial charge in [-0.2, -0.15) is 0 Å². The van der Waals surface area contributed by atoms with Gasteiger partial charge in [-0.1, -0.05) is 35.6 Å². The molecular weight excluding hydrogens is 308 g/mol. The van der Waals surface area contributed by atoms with Crippen LogP contribution in [0, 0.1) is 13.8 Å². The summed E-state index contributed by atoms with van der Waals surface area (Å²) in [6.07, 6.45) is -0.591. The summed E-state index contributed by atoms with van der Waals surface area (Å²) in [7, 11) is 0. The zero-order chi connectivity index (χ0) is 16.4. The van der Waals surface area contributed by atoms with Crippen LogP contribution in [0.1, 0.15) is 18.1 Å². The maximum Gasteiger partial charge on any atom is 0.266 e. The van der Waals surface area contributed by atoms with Crippen molar-refractivity contribution >= 4 is 32.6 Å². The molecule has 0 saturated carbocycles. The highest BCUT2D eigenvalue weighted by Gasteiger charge is 2.17.